The van der Waals surface area contributed by atoms with Crippen molar-refractivity contribution >= 4 is 12.4 Å². The van der Waals surface area contributed by atoms with Gasteiger partial charge in [0.1, 0.15) is 0 Å². The third-order valence-electron chi connectivity index (χ3n) is 4.64. The largest absolute Gasteiger partial charge is 0.394 e. The van der Waals surface area contributed by atoms with Gasteiger partial charge in [0.05, 0.1) is 18.8 Å². The lowest BCUT2D eigenvalue weighted by Crippen LogP contribution is -2.47. The van der Waals surface area contributed by atoms with Gasteiger partial charge in [-0.15, -0.1) is 12.4 Å². The molecule has 0 aliphatic rings. The number of aliphatic hydroxyl groups excluding tert-OH is 2. The van der Waals surface area contributed by atoms with Gasteiger partial charge < -0.3 is 15.9 Å². The molecule has 0 radical (unpaired) electrons. The first-order chi connectivity index (χ1) is 9.83. The van der Waals surface area contributed by atoms with E-state index in [4.69, 9.17) is 5.73 Å². The lowest BCUT2D eigenvalue weighted by molar-refractivity contribution is 0.109. The second-order valence-electron chi connectivity index (χ2n) is 7.68. The SMILES string of the molecule is CC(C)CCCC(C)CCCC(C)CCC(N)(CO)CO.Cl. The molecule has 0 aliphatic heterocycles. The average molecular weight is 338 g/mol. The van der Waals surface area contributed by atoms with E-state index in [1.165, 1.54) is 38.5 Å². The Morgan fingerprint density at radius 2 is 1.18 bits per heavy atom. The molecule has 0 heterocycles. The molecule has 2 unspecified atom stereocenters. The molecule has 22 heavy (non-hydrogen) atoms. The highest BCUT2D eigenvalue weighted by Gasteiger charge is 2.23. The van der Waals surface area contributed by atoms with Crippen molar-refractivity contribution in [3.05, 3.63) is 0 Å². The zero-order chi connectivity index (χ0) is 16.3. The van der Waals surface area contributed by atoms with E-state index in [1.807, 2.05) is 0 Å². The molecular formula is C18H40ClNO2. The van der Waals surface area contributed by atoms with Crippen molar-refractivity contribution in [2.75, 3.05) is 13.2 Å². The maximum absolute atomic E-state index is 9.18. The highest BCUT2D eigenvalue weighted by atomic mass is 35.5. The van der Waals surface area contributed by atoms with Crippen molar-refractivity contribution in [1.29, 1.82) is 0 Å². The molecular weight excluding hydrogens is 298 g/mol. The van der Waals surface area contributed by atoms with Gasteiger partial charge in [0.25, 0.3) is 0 Å². The van der Waals surface area contributed by atoms with Crippen molar-refractivity contribution < 1.29 is 10.2 Å². The summed E-state index contributed by atoms with van der Waals surface area (Å²) >= 11 is 0. The molecule has 2 atom stereocenters. The van der Waals surface area contributed by atoms with Gasteiger partial charge in [-0.2, -0.15) is 0 Å². The summed E-state index contributed by atoms with van der Waals surface area (Å²) in [5.74, 6) is 2.28. The summed E-state index contributed by atoms with van der Waals surface area (Å²) in [5, 5.41) is 18.4. The second kappa shape index (κ2) is 13.6. The minimum atomic E-state index is -0.793. The van der Waals surface area contributed by atoms with Crippen LogP contribution in [0.4, 0.5) is 0 Å². The molecule has 0 amide bonds. The highest BCUT2D eigenvalue weighted by Crippen LogP contribution is 2.22. The monoisotopic (exact) mass is 337 g/mol. The summed E-state index contributed by atoms with van der Waals surface area (Å²) in [4.78, 5) is 0. The van der Waals surface area contributed by atoms with Crippen LogP contribution >= 0.6 is 12.4 Å². The van der Waals surface area contributed by atoms with Gasteiger partial charge in [-0.1, -0.05) is 66.2 Å². The Bertz CT molecular complexity index is 245. The van der Waals surface area contributed by atoms with E-state index in [-0.39, 0.29) is 25.6 Å². The Balaban J connectivity index is 0. The summed E-state index contributed by atoms with van der Waals surface area (Å²) in [6.45, 7) is 8.93. The molecule has 4 N–H and O–H groups in total. The van der Waals surface area contributed by atoms with Crippen LogP contribution in [0.5, 0.6) is 0 Å². The van der Waals surface area contributed by atoms with Gasteiger partial charge in [0.15, 0.2) is 0 Å². The maximum atomic E-state index is 9.18. The van der Waals surface area contributed by atoms with E-state index in [9.17, 15) is 10.2 Å². The summed E-state index contributed by atoms with van der Waals surface area (Å²) in [6.07, 6.45) is 9.56. The fourth-order valence-corrected chi connectivity index (χ4v) is 2.72. The summed E-state index contributed by atoms with van der Waals surface area (Å²) in [5.41, 5.74) is 5.11. The molecule has 0 saturated carbocycles. The first-order valence-corrected chi connectivity index (χ1v) is 8.83. The Morgan fingerprint density at radius 3 is 1.59 bits per heavy atom. The van der Waals surface area contributed by atoms with Crippen molar-refractivity contribution in [2.45, 2.75) is 84.6 Å². The summed E-state index contributed by atoms with van der Waals surface area (Å²) in [7, 11) is 0. The standard InChI is InChI=1S/C18H39NO2.ClH/c1-15(2)7-5-8-16(3)9-6-10-17(4)11-12-18(19,13-20)14-21;/h15-17,20-21H,5-14,19H2,1-4H3;1H. The van der Waals surface area contributed by atoms with Gasteiger partial charge in [0, 0.05) is 0 Å². The van der Waals surface area contributed by atoms with Gasteiger partial charge >= 0.3 is 0 Å². The third kappa shape index (κ3) is 12.7. The van der Waals surface area contributed by atoms with Gasteiger partial charge in [-0.3, -0.25) is 0 Å². The van der Waals surface area contributed by atoms with E-state index in [0.717, 1.165) is 18.3 Å². The maximum Gasteiger partial charge on any atom is 0.0633 e. The average Bonchev–Trinajstić information content (AvgIpc) is 2.44. The van der Waals surface area contributed by atoms with E-state index >= 15 is 0 Å². The third-order valence-corrected chi connectivity index (χ3v) is 4.64. The minimum absolute atomic E-state index is 0. The number of hydrogen-bond donors (Lipinski definition) is 3. The van der Waals surface area contributed by atoms with Crippen molar-refractivity contribution in [1.82, 2.24) is 0 Å². The van der Waals surface area contributed by atoms with Crippen LogP contribution in [0.1, 0.15) is 79.1 Å². The minimum Gasteiger partial charge on any atom is -0.394 e. The van der Waals surface area contributed by atoms with Gasteiger partial charge in [-0.05, 0) is 30.6 Å². The van der Waals surface area contributed by atoms with Crippen molar-refractivity contribution in [3.63, 3.8) is 0 Å². The number of rotatable bonds is 13. The smallest absolute Gasteiger partial charge is 0.0633 e. The quantitative estimate of drug-likeness (QED) is 0.473. The summed E-state index contributed by atoms with van der Waals surface area (Å²) in [6, 6.07) is 0. The van der Waals surface area contributed by atoms with E-state index in [1.54, 1.807) is 0 Å². The zero-order valence-corrected chi connectivity index (χ0v) is 16.0. The van der Waals surface area contributed by atoms with Crippen LogP contribution in [0.2, 0.25) is 0 Å². The second-order valence-corrected chi connectivity index (χ2v) is 7.68. The molecule has 0 fully saturated rings. The van der Waals surface area contributed by atoms with E-state index in [0.29, 0.717) is 12.3 Å². The number of nitrogens with two attached hydrogens (primary N) is 1. The number of hydrogen-bond acceptors (Lipinski definition) is 3. The molecule has 0 aliphatic carbocycles. The first-order valence-electron chi connectivity index (χ1n) is 8.83. The van der Waals surface area contributed by atoms with E-state index in [2.05, 4.69) is 27.7 Å². The predicted octanol–water partition coefficient (Wildman–Crippen LogP) is 4.14. The Kier molecular flexibility index (Phi) is 15.1. The molecule has 0 spiro atoms. The molecule has 0 aromatic heterocycles. The van der Waals surface area contributed by atoms with Crippen LogP contribution in [0.15, 0.2) is 0 Å². The molecule has 0 rings (SSSR count). The number of halogens is 1. The van der Waals surface area contributed by atoms with E-state index < -0.39 is 5.54 Å². The molecule has 136 valence electrons. The van der Waals surface area contributed by atoms with Crippen LogP contribution in [0.3, 0.4) is 0 Å². The highest BCUT2D eigenvalue weighted by molar-refractivity contribution is 5.85. The van der Waals surface area contributed by atoms with Crippen LogP contribution in [0.25, 0.3) is 0 Å². The molecule has 3 nitrogen and oxygen atoms in total. The van der Waals surface area contributed by atoms with Gasteiger partial charge in [-0.25, -0.2) is 0 Å². The molecule has 0 bridgehead atoms. The van der Waals surface area contributed by atoms with Crippen molar-refractivity contribution in [3.8, 4) is 0 Å². The molecule has 4 heteroatoms. The van der Waals surface area contributed by atoms with Crippen LogP contribution in [-0.4, -0.2) is 29.0 Å². The summed E-state index contributed by atoms with van der Waals surface area (Å²) < 4.78 is 0. The lowest BCUT2D eigenvalue weighted by Gasteiger charge is -2.26. The van der Waals surface area contributed by atoms with Crippen LogP contribution in [0, 0.1) is 17.8 Å². The van der Waals surface area contributed by atoms with Crippen molar-refractivity contribution in [2.24, 2.45) is 23.5 Å². The Hall–Kier alpha value is 0.170. The van der Waals surface area contributed by atoms with Gasteiger partial charge in [0.2, 0.25) is 0 Å². The Morgan fingerprint density at radius 1 is 0.773 bits per heavy atom. The normalized spacial score (nSPS) is 14.7. The molecule has 0 aromatic carbocycles. The lowest BCUT2D eigenvalue weighted by atomic mass is 9.88. The molecule has 0 saturated heterocycles. The van der Waals surface area contributed by atoms with Crippen LogP contribution in [-0.2, 0) is 0 Å². The number of aliphatic hydroxyl groups is 2. The Labute approximate surface area is 144 Å². The fraction of sp³-hybridized carbons (Fsp3) is 1.00. The van der Waals surface area contributed by atoms with Crippen LogP contribution < -0.4 is 5.73 Å². The topological polar surface area (TPSA) is 66.5 Å². The fourth-order valence-electron chi connectivity index (χ4n) is 2.72. The first kappa shape index (κ1) is 24.4. The molecule has 0 aromatic rings. The predicted molar refractivity (Wildman–Crippen MR) is 98.4 cm³/mol. The zero-order valence-electron chi connectivity index (χ0n) is 15.2.